The maximum Gasteiger partial charge on any atom is 0.0755 e. The van der Waals surface area contributed by atoms with Crippen LogP contribution in [0.15, 0.2) is 11.8 Å². The predicted octanol–water partition coefficient (Wildman–Crippen LogP) is 2.91. The number of rotatable bonds is 4. The van der Waals surface area contributed by atoms with Gasteiger partial charge in [0.1, 0.15) is 0 Å². The molecule has 0 unspecified atom stereocenters. The van der Waals surface area contributed by atoms with Crippen molar-refractivity contribution in [1.29, 1.82) is 0 Å². The van der Waals surface area contributed by atoms with E-state index in [1.165, 1.54) is 43.7 Å². The van der Waals surface area contributed by atoms with Crippen molar-refractivity contribution < 1.29 is 0 Å². The summed E-state index contributed by atoms with van der Waals surface area (Å²) >= 11 is 0. The molecule has 2 heteroatoms. The molecule has 0 bridgehead atoms. The molecule has 0 saturated carbocycles. The summed E-state index contributed by atoms with van der Waals surface area (Å²) in [6.07, 6.45) is 2.82. The zero-order valence-corrected chi connectivity index (χ0v) is 10.4. The van der Waals surface area contributed by atoms with Gasteiger partial charge in [0.25, 0.3) is 0 Å². The van der Waals surface area contributed by atoms with Crippen LogP contribution in [0.4, 0.5) is 0 Å². The van der Waals surface area contributed by atoms with Gasteiger partial charge in [0, 0.05) is 0 Å². The van der Waals surface area contributed by atoms with Gasteiger partial charge in [-0.15, -0.1) is 6.58 Å². The average molecular weight is 197 g/mol. The smallest absolute Gasteiger partial charge is 0.0755 e. The molecule has 0 N–H and O–H groups in total. The zero-order valence-electron chi connectivity index (χ0n) is 9.40. The average Bonchev–Trinajstić information content (AvgIpc) is 2.52. The summed E-state index contributed by atoms with van der Waals surface area (Å²) in [5.41, 5.74) is 0. The van der Waals surface area contributed by atoms with Crippen LogP contribution in [-0.2, 0) is 0 Å². The van der Waals surface area contributed by atoms with Gasteiger partial charge in [0.05, 0.1) is 8.07 Å². The number of allylic oxidation sites excluding steroid dienone is 1. The number of hydrogen-bond acceptors (Lipinski definition) is 1. The van der Waals surface area contributed by atoms with Gasteiger partial charge in [-0.25, -0.2) is 0 Å². The molecule has 1 fully saturated rings. The minimum Gasteiger partial charge on any atom is -0.304 e. The van der Waals surface area contributed by atoms with Crippen LogP contribution < -0.4 is 0 Å². The highest BCUT2D eigenvalue weighted by Gasteiger charge is 2.23. The molecule has 0 atom stereocenters. The topological polar surface area (TPSA) is 3.24 Å². The molecule has 1 aliphatic heterocycles. The lowest BCUT2D eigenvalue weighted by Gasteiger charge is -2.25. The summed E-state index contributed by atoms with van der Waals surface area (Å²) in [6.45, 7) is 15.2. The van der Waals surface area contributed by atoms with Crippen molar-refractivity contribution in [2.45, 2.75) is 38.9 Å². The SMILES string of the molecule is C=C(C)[Si](C)(C)CCN1CCCC1. The highest BCUT2D eigenvalue weighted by atomic mass is 28.3. The lowest BCUT2D eigenvalue weighted by atomic mass is 10.4. The van der Waals surface area contributed by atoms with Crippen LogP contribution in [-0.4, -0.2) is 32.6 Å². The largest absolute Gasteiger partial charge is 0.304 e. The van der Waals surface area contributed by atoms with Crippen LogP contribution in [0.3, 0.4) is 0 Å². The van der Waals surface area contributed by atoms with Gasteiger partial charge in [-0.05, 0) is 45.4 Å². The van der Waals surface area contributed by atoms with Gasteiger partial charge >= 0.3 is 0 Å². The molecule has 0 amide bonds. The molecule has 1 aliphatic rings. The molecule has 76 valence electrons. The molecule has 13 heavy (non-hydrogen) atoms. The van der Waals surface area contributed by atoms with E-state index in [9.17, 15) is 0 Å². The molecule has 0 aliphatic carbocycles. The lowest BCUT2D eigenvalue weighted by molar-refractivity contribution is 0.357. The summed E-state index contributed by atoms with van der Waals surface area (Å²) in [5, 5.41) is 1.45. The van der Waals surface area contributed by atoms with E-state index in [-0.39, 0.29) is 0 Å². The minimum absolute atomic E-state index is 1.08. The lowest BCUT2D eigenvalue weighted by Crippen LogP contribution is -2.33. The van der Waals surface area contributed by atoms with Crippen molar-refractivity contribution in [3.05, 3.63) is 11.8 Å². The Kier molecular flexibility index (Phi) is 3.74. The fourth-order valence-corrected chi connectivity index (χ4v) is 2.96. The first-order valence-electron chi connectivity index (χ1n) is 5.41. The second-order valence-corrected chi connectivity index (χ2v) is 10.1. The number of nitrogens with zero attached hydrogens (tertiary/aromatic N) is 1. The van der Waals surface area contributed by atoms with Crippen molar-refractivity contribution in [3.63, 3.8) is 0 Å². The Bertz CT molecular complexity index is 181. The molecule has 1 nitrogen and oxygen atoms in total. The fraction of sp³-hybridized carbons (Fsp3) is 0.818. The van der Waals surface area contributed by atoms with Gasteiger partial charge in [-0.2, -0.15) is 0 Å². The Balaban J connectivity index is 2.28. The van der Waals surface area contributed by atoms with Gasteiger partial charge in [-0.1, -0.05) is 18.3 Å². The van der Waals surface area contributed by atoms with Gasteiger partial charge in [-0.3, -0.25) is 0 Å². The predicted molar refractivity (Wildman–Crippen MR) is 62.8 cm³/mol. The molecular formula is C11H23NSi. The van der Waals surface area contributed by atoms with E-state index in [0.717, 1.165) is 0 Å². The summed E-state index contributed by atoms with van der Waals surface area (Å²) in [6, 6.07) is 1.39. The van der Waals surface area contributed by atoms with E-state index in [1.54, 1.807) is 0 Å². The molecular weight excluding hydrogens is 174 g/mol. The van der Waals surface area contributed by atoms with E-state index in [2.05, 4.69) is 31.5 Å². The summed E-state index contributed by atoms with van der Waals surface area (Å²) in [7, 11) is -1.08. The van der Waals surface area contributed by atoms with Crippen molar-refractivity contribution >= 4 is 8.07 Å². The third-order valence-electron chi connectivity index (χ3n) is 3.41. The highest BCUT2D eigenvalue weighted by molar-refractivity contribution is 6.84. The Morgan fingerprint density at radius 3 is 2.31 bits per heavy atom. The van der Waals surface area contributed by atoms with E-state index >= 15 is 0 Å². The van der Waals surface area contributed by atoms with Crippen LogP contribution in [0, 0.1) is 0 Å². The first-order chi connectivity index (χ1) is 6.02. The highest BCUT2D eigenvalue weighted by Crippen LogP contribution is 2.19. The van der Waals surface area contributed by atoms with E-state index in [1.807, 2.05) is 0 Å². The fourth-order valence-electron chi connectivity index (χ4n) is 1.66. The third kappa shape index (κ3) is 3.28. The monoisotopic (exact) mass is 197 g/mol. The van der Waals surface area contributed by atoms with Gasteiger partial charge in [0.15, 0.2) is 0 Å². The van der Waals surface area contributed by atoms with Gasteiger partial charge in [0.2, 0.25) is 0 Å². The Morgan fingerprint density at radius 1 is 1.31 bits per heavy atom. The van der Waals surface area contributed by atoms with Gasteiger partial charge < -0.3 is 4.90 Å². The molecule has 1 heterocycles. The quantitative estimate of drug-likeness (QED) is 0.626. The molecule has 0 aromatic rings. The molecule has 0 radical (unpaired) electrons. The van der Waals surface area contributed by atoms with E-state index in [0.29, 0.717) is 0 Å². The third-order valence-corrected chi connectivity index (χ3v) is 7.19. The van der Waals surface area contributed by atoms with Crippen LogP contribution in [0.25, 0.3) is 0 Å². The Labute approximate surface area is 83.8 Å². The Hall–Kier alpha value is -0.0831. The minimum atomic E-state index is -1.08. The van der Waals surface area contributed by atoms with Crippen molar-refractivity contribution in [2.75, 3.05) is 19.6 Å². The number of likely N-dealkylation sites (tertiary alicyclic amines) is 1. The second kappa shape index (κ2) is 4.42. The van der Waals surface area contributed by atoms with E-state index < -0.39 is 8.07 Å². The van der Waals surface area contributed by atoms with Crippen molar-refractivity contribution in [3.8, 4) is 0 Å². The first kappa shape index (κ1) is 11.0. The van der Waals surface area contributed by atoms with Crippen LogP contribution in [0.5, 0.6) is 0 Å². The van der Waals surface area contributed by atoms with Crippen LogP contribution in [0.2, 0.25) is 19.1 Å². The first-order valence-corrected chi connectivity index (χ1v) is 8.61. The van der Waals surface area contributed by atoms with Crippen LogP contribution >= 0.6 is 0 Å². The summed E-state index contributed by atoms with van der Waals surface area (Å²) in [5.74, 6) is 0. The molecule has 0 aromatic heterocycles. The number of hydrogen-bond donors (Lipinski definition) is 0. The standard InChI is InChI=1S/C11H23NSi/c1-11(2)13(3,4)10-9-12-7-5-6-8-12/h1,5-10H2,2-4H3. The van der Waals surface area contributed by atoms with Crippen molar-refractivity contribution in [2.24, 2.45) is 0 Å². The molecule has 1 saturated heterocycles. The zero-order chi connectivity index (χ0) is 9.90. The molecule has 1 rings (SSSR count). The normalized spacial score (nSPS) is 19.3. The van der Waals surface area contributed by atoms with Crippen LogP contribution in [0.1, 0.15) is 19.8 Å². The summed E-state index contributed by atoms with van der Waals surface area (Å²) in [4.78, 5) is 2.61. The van der Waals surface area contributed by atoms with Crippen molar-refractivity contribution in [1.82, 2.24) is 4.90 Å². The van der Waals surface area contributed by atoms with E-state index in [4.69, 9.17) is 0 Å². The maximum atomic E-state index is 4.12. The second-order valence-electron chi connectivity index (χ2n) is 4.96. The molecule has 0 spiro atoms. The Morgan fingerprint density at radius 2 is 1.85 bits per heavy atom. The summed E-state index contributed by atoms with van der Waals surface area (Å²) < 4.78 is 0. The molecule has 0 aromatic carbocycles. The maximum absolute atomic E-state index is 4.12.